The Morgan fingerprint density at radius 3 is 2.92 bits per heavy atom. The molecule has 0 bridgehead atoms. The van der Waals surface area contributed by atoms with Gasteiger partial charge >= 0.3 is 0 Å². The molecule has 0 aliphatic rings. The highest BCUT2D eigenvalue weighted by atomic mass is 16.5. The van der Waals surface area contributed by atoms with Gasteiger partial charge in [0, 0.05) is 10.8 Å². The molecule has 0 aliphatic heterocycles. The van der Waals surface area contributed by atoms with Crippen molar-refractivity contribution in [3.8, 4) is 0 Å². The van der Waals surface area contributed by atoms with E-state index in [0.717, 1.165) is 10.8 Å². The van der Waals surface area contributed by atoms with Crippen LogP contribution >= 0.6 is 0 Å². The van der Waals surface area contributed by atoms with E-state index >= 15 is 0 Å². The van der Waals surface area contributed by atoms with Crippen LogP contribution in [-0.2, 0) is 0 Å². The quantitative estimate of drug-likeness (QED) is 0.621. The number of nitrogens with one attached hydrogen (secondary N) is 1. The van der Waals surface area contributed by atoms with Crippen molar-refractivity contribution in [1.29, 1.82) is 0 Å². The van der Waals surface area contributed by atoms with E-state index in [4.69, 9.17) is 5.21 Å². The molecule has 2 aromatic rings. The van der Waals surface area contributed by atoms with Crippen LogP contribution in [0.5, 0.6) is 0 Å². The molecule has 0 aliphatic carbocycles. The zero-order valence-corrected chi connectivity index (χ0v) is 6.23. The highest BCUT2D eigenvalue weighted by Crippen LogP contribution is 2.17. The van der Waals surface area contributed by atoms with Crippen molar-refractivity contribution in [1.82, 2.24) is 10.2 Å². The standard InChI is InChI=1S/C8H7N3O/c12-11-8-7-4-2-1-3-6(7)5-9-10-8/h1-5,12H,(H,10,11). The highest BCUT2D eigenvalue weighted by Gasteiger charge is 1.99. The average Bonchev–Trinajstić information content (AvgIpc) is 2.17. The maximum atomic E-state index is 8.68. The molecule has 0 unspecified atom stereocenters. The maximum absolute atomic E-state index is 8.68. The Labute approximate surface area is 68.8 Å². The van der Waals surface area contributed by atoms with Crippen LogP contribution in [0, 0.1) is 0 Å². The van der Waals surface area contributed by atoms with Crippen LogP contribution < -0.4 is 5.48 Å². The monoisotopic (exact) mass is 161 g/mol. The molecule has 1 aromatic carbocycles. The Morgan fingerprint density at radius 2 is 2.08 bits per heavy atom. The fourth-order valence-electron chi connectivity index (χ4n) is 1.11. The average molecular weight is 161 g/mol. The summed E-state index contributed by atoms with van der Waals surface area (Å²) in [4.78, 5) is 0. The SMILES string of the molecule is ONc1nncc2ccccc12. The summed E-state index contributed by atoms with van der Waals surface area (Å²) in [5, 5.41) is 17.9. The molecule has 1 heterocycles. The summed E-state index contributed by atoms with van der Waals surface area (Å²) in [6, 6.07) is 7.56. The van der Waals surface area contributed by atoms with Crippen LogP contribution in [0.3, 0.4) is 0 Å². The van der Waals surface area contributed by atoms with Gasteiger partial charge in [0.25, 0.3) is 0 Å². The van der Waals surface area contributed by atoms with Crippen molar-refractivity contribution in [3.05, 3.63) is 30.5 Å². The molecule has 0 spiro atoms. The predicted molar refractivity (Wildman–Crippen MR) is 44.9 cm³/mol. The lowest BCUT2D eigenvalue weighted by Gasteiger charge is -2.00. The number of fused-ring (bicyclic) bond motifs is 1. The summed E-state index contributed by atoms with van der Waals surface area (Å²) >= 11 is 0. The van der Waals surface area contributed by atoms with E-state index in [0.29, 0.717) is 5.82 Å². The summed E-state index contributed by atoms with van der Waals surface area (Å²) in [7, 11) is 0. The molecule has 2 rings (SSSR count). The molecule has 0 saturated heterocycles. The molecule has 60 valence electrons. The summed E-state index contributed by atoms with van der Waals surface area (Å²) in [6.07, 6.45) is 1.65. The number of benzene rings is 1. The normalized spacial score (nSPS) is 10.1. The molecule has 0 radical (unpaired) electrons. The van der Waals surface area contributed by atoms with Crippen molar-refractivity contribution in [3.63, 3.8) is 0 Å². The minimum atomic E-state index is 0.383. The third kappa shape index (κ3) is 0.981. The lowest BCUT2D eigenvalue weighted by Crippen LogP contribution is -1.95. The lowest BCUT2D eigenvalue weighted by atomic mass is 10.2. The molecule has 4 nitrogen and oxygen atoms in total. The van der Waals surface area contributed by atoms with Gasteiger partial charge in [-0.3, -0.25) is 10.7 Å². The molecule has 4 heteroatoms. The second-order valence-electron chi connectivity index (χ2n) is 2.39. The second-order valence-corrected chi connectivity index (χ2v) is 2.39. The number of anilines is 1. The molecule has 1 aromatic heterocycles. The first-order valence-electron chi connectivity index (χ1n) is 3.52. The Bertz CT molecular complexity index is 397. The largest absolute Gasteiger partial charge is 0.290 e. The summed E-state index contributed by atoms with van der Waals surface area (Å²) < 4.78 is 0. The Balaban J connectivity index is 2.79. The zero-order valence-electron chi connectivity index (χ0n) is 6.23. The van der Waals surface area contributed by atoms with Gasteiger partial charge in [0.1, 0.15) is 0 Å². The first kappa shape index (κ1) is 7.00. The van der Waals surface area contributed by atoms with Crippen LogP contribution in [-0.4, -0.2) is 15.4 Å². The van der Waals surface area contributed by atoms with Crippen molar-refractivity contribution in [2.45, 2.75) is 0 Å². The number of rotatable bonds is 1. The lowest BCUT2D eigenvalue weighted by molar-refractivity contribution is 0.386. The molecule has 2 N–H and O–H groups in total. The van der Waals surface area contributed by atoms with Crippen LogP contribution in [0.15, 0.2) is 30.5 Å². The van der Waals surface area contributed by atoms with E-state index in [-0.39, 0.29) is 0 Å². The van der Waals surface area contributed by atoms with Crippen molar-refractivity contribution >= 4 is 16.6 Å². The fraction of sp³-hybridized carbons (Fsp3) is 0. The van der Waals surface area contributed by atoms with E-state index in [1.807, 2.05) is 29.7 Å². The summed E-state index contributed by atoms with van der Waals surface area (Å²) in [5.74, 6) is 0.383. The van der Waals surface area contributed by atoms with Gasteiger partial charge in [-0.2, -0.15) is 5.10 Å². The van der Waals surface area contributed by atoms with Gasteiger partial charge in [-0.25, -0.2) is 0 Å². The van der Waals surface area contributed by atoms with Gasteiger partial charge in [-0.1, -0.05) is 24.3 Å². The molecule has 0 atom stereocenters. The molecule has 0 amide bonds. The Hall–Kier alpha value is -1.68. The van der Waals surface area contributed by atoms with Gasteiger partial charge in [-0.05, 0) is 0 Å². The van der Waals surface area contributed by atoms with Gasteiger partial charge < -0.3 is 0 Å². The zero-order chi connectivity index (χ0) is 8.39. The summed E-state index contributed by atoms with van der Waals surface area (Å²) in [5.41, 5.74) is 2.00. The topological polar surface area (TPSA) is 58.0 Å². The first-order chi connectivity index (χ1) is 5.92. The van der Waals surface area contributed by atoms with E-state index in [1.165, 1.54) is 0 Å². The van der Waals surface area contributed by atoms with E-state index in [2.05, 4.69) is 10.2 Å². The van der Waals surface area contributed by atoms with Gasteiger partial charge in [0.2, 0.25) is 0 Å². The minimum Gasteiger partial charge on any atom is -0.290 e. The van der Waals surface area contributed by atoms with Crippen LogP contribution in [0.4, 0.5) is 5.82 Å². The van der Waals surface area contributed by atoms with E-state index in [9.17, 15) is 0 Å². The van der Waals surface area contributed by atoms with E-state index in [1.54, 1.807) is 6.20 Å². The molecule has 0 fully saturated rings. The second kappa shape index (κ2) is 2.75. The van der Waals surface area contributed by atoms with E-state index < -0.39 is 0 Å². The van der Waals surface area contributed by atoms with Crippen molar-refractivity contribution in [2.75, 3.05) is 5.48 Å². The molecular weight excluding hydrogens is 154 g/mol. The number of hydrogen-bond donors (Lipinski definition) is 2. The summed E-state index contributed by atoms with van der Waals surface area (Å²) in [6.45, 7) is 0. The third-order valence-corrected chi connectivity index (χ3v) is 1.68. The molecule has 12 heavy (non-hydrogen) atoms. The fourth-order valence-corrected chi connectivity index (χ4v) is 1.11. The van der Waals surface area contributed by atoms with Gasteiger partial charge in [0.15, 0.2) is 5.82 Å². The Kier molecular flexibility index (Phi) is 1.60. The highest BCUT2D eigenvalue weighted by molar-refractivity contribution is 5.90. The third-order valence-electron chi connectivity index (χ3n) is 1.68. The molecular formula is C8H7N3O. The minimum absolute atomic E-state index is 0.383. The molecule has 0 saturated carbocycles. The van der Waals surface area contributed by atoms with Crippen molar-refractivity contribution in [2.24, 2.45) is 0 Å². The predicted octanol–water partition coefficient (Wildman–Crippen LogP) is 1.43. The van der Waals surface area contributed by atoms with Crippen LogP contribution in [0.2, 0.25) is 0 Å². The van der Waals surface area contributed by atoms with Gasteiger partial charge in [0.05, 0.1) is 6.20 Å². The number of nitrogens with zero attached hydrogens (tertiary/aromatic N) is 2. The Morgan fingerprint density at radius 1 is 1.25 bits per heavy atom. The van der Waals surface area contributed by atoms with Crippen LogP contribution in [0.1, 0.15) is 0 Å². The number of aromatic nitrogens is 2. The maximum Gasteiger partial charge on any atom is 0.180 e. The number of hydrogen-bond acceptors (Lipinski definition) is 4. The van der Waals surface area contributed by atoms with Crippen molar-refractivity contribution < 1.29 is 5.21 Å². The van der Waals surface area contributed by atoms with Crippen LogP contribution in [0.25, 0.3) is 10.8 Å². The van der Waals surface area contributed by atoms with Gasteiger partial charge in [-0.15, -0.1) is 5.10 Å². The smallest absolute Gasteiger partial charge is 0.180 e. The first-order valence-corrected chi connectivity index (χ1v) is 3.52.